The van der Waals surface area contributed by atoms with E-state index in [-0.39, 0.29) is 17.3 Å². The van der Waals surface area contributed by atoms with E-state index < -0.39 is 11.7 Å². The van der Waals surface area contributed by atoms with E-state index >= 15 is 0 Å². The molecule has 0 unspecified atom stereocenters. The fraction of sp³-hybridized carbons (Fsp3) is 0.357. The number of nitrogens with zero attached hydrogens (tertiary/aromatic N) is 1. The third-order valence-electron chi connectivity index (χ3n) is 7.38. The molecule has 2 atom stereocenters. The van der Waals surface area contributed by atoms with Crippen LogP contribution in [0.4, 0.5) is 13.2 Å². The predicted octanol–water partition coefficient (Wildman–Crippen LogP) is 5.99. The summed E-state index contributed by atoms with van der Waals surface area (Å²) in [5.41, 5.74) is 2.51. The van der Waals surface area contributed by atoms with E-state index in [0.717, 1.165) is 67.9 Å². The van der Waals surface area contributed by atoms with Gasteiger partial charge in [-0.3, -0.25) is 4.90 Å². The Labute approximate surface area is 197 Å². The largest absolute Gasteiger partial charge is 0.508 e. The number of fused-ring (bicyclic) bond motifs is 3. The van der Waals surface area contributed by atoms with Crippen LogP contribution >= 0.6 is 0 Å². The number of aromatic hydroxyl groups is 1. The normalized spacial score (nSPS) is 22.1. The second-order valence-corrected chi connectivity index (χ2v) is 9.42. The number of alkyl halides is 3. The summed E-state index contributed by atoms with van der Waals surface area (Å²) in [5.74, 6) is 1.10. The molecular weight excluding hydrogens is 439 g/mol. The Hall–Kier alpha value is -2.99. The minimum Gasteiger partial charge on any atom is -0.508 e. The molecule has 5 rings (SSSR count). The minimum atomic E-state index is -4.31. The van der Waals surface area contributed by atoms with Crippen LogP contribution in [0.5, 0.6) is 11.5 Å². The number of piperidine rings is 1. The van der Waals surface area contributed by atoms with Gasteiger partial charge in [0, 0.05) is 24.1 Å². The van der Waals surface area contributed by atoms with E-state index in [9.17, 15) is 18.3 Å². The minimum absolute atomic E-state index is 0.0191. The molecule has 0 amide bonds. The van der Waals surface area contributed by atoms with E-state index in [2.05, 4.69) is 29.2 Å². The van der Waals surface area contributed by atoms with Gasteiger partial charge in [-0.15, -0.1) is 0 Å². The number of halogens is 3. The first-order chi connectivity index (χ1) is 16.3. The lowest BCUT2D eigenvalue weighted by Crippen LogP contribution is -2.53. The topological polar surface area (TPSA) is 32.7 Å². The van der Waals surface area contributed by atoms with E-state index in [0.29, 0.717) is 6.42 Å². The lowest BCUT2D eigenvalue weighted by Gasteiger charge is -2.43. The van der Waals surface area contributed by atoms with E-state index in [1.54, 1.807) is 18.2 Å². The zero-order chi connectivity index (χ0) is 23.8. The van der Waals surface area contributed by atoms with Gasteiger partial charge in [-0.05, 0) is 73.7 Å². The maximum atomic E-state index is 12.8. The first-order valence-corrected chi connectivity index (χ1v) is 11.8. The second kappa shape index (κ2) is 8.99. The molecule has 6 heteroatoms. The fourth-order valence-electron chi connectivity index (χ4n) is 5.42. The molecule has 1 N–H and O–H groups in total. The summed E-state index contributed by atoms with van der Waals surface area (Å²) in [6, 6.07) is 21.3. The highest BCUT2D eigenvalue weighted by Crippen LogP contribution is 2.51. The van der Waals surface area contributed by atoms with Crippen LogP contribution < -0.4 is 4.74 Å². The molecule has 2 heterocycles. The summed E-state index contributed by atoms with van der Waals surface area (Å²) in [6.45, 7) is 2.40. The molecule has 3 aromatic rings. The lowest BCUT2D eigenvalue weighted by molar-refractivity contribution is -0.137. The van der Waals surface area contributed by atoms with Gasteiger partial charge in [0.2, 0.25) is 0 Å². The van der Waals surface area contributed by atoms with Crippen molar-refractivity contribution in [1.29, 1.82) is 0 Å². The summed E-state index contributed by atoms with van der Waals surface area (Å²) >= 11 is 0. The molecule has 3 nitrogen and oxygen atoms in total. The van der Waals surface area contributed by atoms with Crippen molar-refractivity contribution in [3.05, 3.63) is 95.1 Å². The fourth-order valence-corrected chi connectivity index (χ4v) is 5.42. The van der Waals surface area contributed by atoms with Crippen molar-refractivity contribution in [2.75, 3.05) is 19.6 Å². The number of likely N-dealkylation sites (tertiary alicyclic amines) is 1. The predicted molar refractivity (Wildman–Crippen MR) is 125 cm³/mol. The van der Waals surface area contributed by atoms with Crippen LogP contribution in [0.25, 0.3) is 0 Å². The highest BCUT2D eigenvalue weighted by atomic mass is 19.4. The van der Waals surface area contributed by atoms with Gasteiger partial charge in [0.1, 0.15) is 17.6 Å². The third-order valence-corrected chi connectivity index (χ3v) is 7.38. The number of rotatable bonds is 6. The van der Waals surface area contributed by atoms with Gasteiger partial charge in [-0.2, -0.15) is 13.2 Å². The first-order valence-electron chi connectivity index (χ1n) is 11.8. The quantitative estimate of drug-likeness (QED) is 0.483. The number of phenolic OH excluding ortho intramolecular Hbond substituents is 1. The molecule has 0 aliphatic carbocycles. The van der Waals surface area contributed by atoms with Gasteiger partial charge >= 0.3 is 6.18 Å². The van der Waals surface area contributed by atoms with Crippen LogP contribution in [-0.2, 0) is 24.4 Å². The summed E-state index contributed by atoms with van der Waals surface area (Å²) in [7, 11) is 0. The zero-order valence-electron chi connectivity index (χ0n) is 18.9. The smallest absolute Gasteiger partial charge is 0.416 e. The highest BCUT2D eigenvalue weighted by molar-refractivity contribution is 5.50. The monoisotopic (exact) mass is 467 g/mol. The van der Waals surface area contributed by atoms with Crippen molar-refractivity contribution in [1.82, 2.24) is 4.90 Å². The molecule has 2 aliphatic rings. The van der Waals surface area contributed by atoms with Gasteiger partial charge in [-0.1, -0.05) is 42.5 Å². The Bertz CT molecular complexity index is 1130. The number of hydrogen-bond acceptors (Lipinski definition) is 3. The molecule has 0 radical (unpaired) electrons. The maximum Gasteiger partial charge on any atom is 0.416 e. The molecule has 0 bridgehead atoms. The number of ether oxygens (including phenoxy) is 1. The maximum absolute atomic E-state index is 12.8. The molecule has 34 heavy (non-hydrogen) atoms. The molecule has 178 valence electrons. The van der Waals surface area contributed by atoms with Crippen LogP contribution in [0.2, 0.25) is 0 Å². The van der Waals surface area contributed by atoms with E-state index in [1.165, 1.54) is 5.56 Å². The van der Waals surface area contributed by atoms with Gasteiger partial charge in [0.15, 0.2) is 0 Å². The SMILES string of the molecule is Oc1ccc2c(c1)[C@]1(CCc3ccccc3)CCN(CCc3ccc(C(F)(F)F)cc3)C[C@@H]1O2. The van der Waals surface area contributed by atoms with Crippen molar-refractivity contribution in [2.45, 2.75) is 43.4 Å². The van der Waals surface area contributed by atoms with E-state index in [1.807, 2.05) is 18.2 Å². The van der Waals surface area contributed by atoms with Crippen molar-refractivity contribution in [2.24, 2.45) is 0 Å². The molecule has 0 aromatic heterocycles. The Morgan fingerprint density at radius 1 is 0.941 bits per heavy atom. The second-order valence-electron chi connectivity index (χ2n) is 9.42. The van der Waals surface area contributed by atoms with Crippen LogP contribution in [0.1, 0.15) is 35.1 Å². The summed E-state index contributed by atoms with van der Waals surface area (Å²) in [6.07, 6.45) is -0.859. The standard InChI is InChI=1S/C28H28F3NO2/c29-28(30,31)22-8-6-21(7-9-22)13-16-32-17-15-27(14-12-20-4-2-1-3-5-20)24-18-23(33)10-11-25(24)34-26(27)19-32/h1-11,18,26,33H,12-17,19H2/t26-,27-/m0/s1. The molecule has 3 aromatic carbocycles. The van der Waals surface area contributed by atoms with Crippen LogP contribution in [0.15, 0.2) is 72.8 Å². The Balaban J connectivity index is 1.29. The van der Waals surface area contributed by atoms with Crippen molar-refractivity contribution >= 4 is 0 Å². The van der Waals surface area contributed by atoms with E-state index in [4.69, 9.17) is 4.74 Å². The third kappa shape index (κ3) is 4.51. The van der Waals surface area contributed by atoms with Gasteiger partial charge < -0.3 is 9.84 Å². The van der Waals surface area contributed by atoms with Crippen LogP contribution in [-0.4, -0.2) is 35.7 Å². The van der Waals surface area contributed by atoms with Gasteiger partial charge in [-0.25, -0.2) is 0 Å². The Morgan fingerprint density at radius 3 is 2.41 bits per heavy atom. The lowest BCUT2D eigenvalue weighted by atomic mass is 9.68. The summed E-state index contributed by atoms with van der Waals surface area (Å²) < 4.78 is 44.9. The van der Waals surface area contributed by atoms with Crippen LogP contribution in [0, 0.1) is 0 Å². The highest BCUT2D eigenvalue weighted by Gasteiger charge is 2.51. The molecule has 1 fully saturated rings. The average molecular weight is 468 g/mol. The number of benzene rings is 3. The number of aryl methyl sites for hydroxylation is 1. The molecule has 0 saturated carbocycles. The summed E-state index contributed by atoms with van der Waals surface area (Å²) in [4.78, 5) is 2.34. The van der Waals surface area contributed by atoms with Gasteiger partial charge in [0.05, 0.1) is 5.56 Å². The average Bonchev–Trinajstić information content (AvgIpc) is 3.15. The Kier molecular flexibility index (Phi) is 6.02. The van der Waals surface area contributed by atoms with Crippen LogP contribution in [0.3, 0.4) is 0 Å². The zero-order valence-corrected chi connectivity index (χ0v) is 18.9. The molecular formula is C28H28F3NO2. The number of hydrogen-bond donors (Lipinski definition) is 1. The molecule has 0 spiro atoms. The van der Waals surface area contributed by atoms with Gasteiger partial charge in [0.25, 0.3) is 0 Å². The van der Waals surface area contributed by atoms with Crippen molar-refractivity contribution < 1.29 is 23.0 Å². The van der Waals surface area contributed by atoms with Crippen molar-refractivity contribution in [3.63, 3.8) is 0 Å². The van der Waals surface area contributed by atoms with Crippen molar-refractivity contribution in [3.8, 4) is 11.5 Å². The number of phenols is 1. The first kappa shape index (κ1) is 22.8. The molecule has 1 saturated heterocycles. The molecule has 2 aliphatic heterocycles. The Morgan fingerprint density at radius 2 is 1.68 bits per heavy atom. The summed E-state index contributed by atoms with van der Waals surface area (Å²) in [5, 5.41) is 10.2.